The summed E-state index contributed by atoms with van der Waals surface area (Å²) in [6.07, 6.45) is 12.7. The van der Waals surface area contributed by atoms with E-state index in [9.17, 15) is 9.90 Å². The number of allylic oxidation sites excluding steroid dienone is 6. The Morgan fingerprint density at radius 1 is 1.03 bits per heavy atom. The molecule has 0 amide bonds. The third-order valence-corrected chi connectivity index (χ3v) is 4.46. The molecule has 1 heterocycles. The Hall–Kier alpha value is -3.85. The Balaban J connectivity index is 2.09. The molecule has 0 aliphatic rings. The van der Waals surface area contributed by atoms with Gasteiger partial charge in [-0.1, -0.05) is 79.4 Å². The van der Waals surface area contributed by atoms with E-state index in [4.69, 9.17) is 0 Å². The van der Waals surface area contributed by atoms with Gasteiger partial charge in [-0.05, 0) is 41.8 Å². The fraction of sp³-hybridized carbons (Fsp3) is 0.0385. The molecule has 3 rings (SSSR count). The van der Waals surface area contributed by atoms with Crippen LogP contribution in [0.25, 0.3) is 22.9 Å². The zero-order valence-corrected chi connectivity index (χ0v) is 16.3. The molecule has 1 aromatic heterocycles. The van der Waals surface area contributed by atoms with Crippen molar-refractivity contribution in [3.05, 3.63) is 125 Å². The molecule has 3 aromatic rings. The van der Waals surface area contributed by atoms with Gasteiger partial charge in [0, 0.05) is 17.4 Å². The predicted molar refractivity (Wildman–Crippen MR) is 121 cm³/mol. The molecule has 3 nitrogen and oxygen atoms in total. The quantitative estimate of drug-likeness (QED) is 0.539. The van der Waals surface area contributed by atoms with E-state index in [1.165, 1.54) is 12.3 Å². The largest absolute Gasteiger partial charge is 0.503 e. The first kappa shape index (κ1) is 19.9. The van der Waals surface area contributed by atoms with Crippen molar-refractivity contribution in [2.24, 2.45) is 0 Å². The molecule has 0 bridgehead atoms. The van der Waals surface area contributed by atoms with Gasteiger partial charge in [0.25, 0.3) is 0 Å². The lowest BCUT2D eigenvalue weighted by Crippen LogP contribution is -2.08. The number of nitrogens with zero attached hydrogens (tertiary/aromatic N) is 1. The Labute approximate surface area is 170 Å². The standard InChI is InChI=1S/C26H23NO2/c1-3-5-10-20(4-2)15-16-24-18-25(28)26(29)19-27(24)23-14-9-13-22(17-23)21-11-7-6-8-12-21/h3-19,29H,2H2,1H3/b5-3-,16-15+,20-10+. The van der Waals surface area contributed by atoms with Crippen LogP contribution in [-0.4, -0.2) is 9.67 Å². The van der Waals surface area contributed by atoms with Gasteiger partial charge in [-0.25, -0.2) is 0 Å². The molecular weight excluding hydrogens is 358 g/mol. The number of rotatable bonds is 6. The highest BCUT2D eigenvalue weighted by atomic mass is 16.3. The van der Waals surface area contributed by atoms with Crippen LogP contribution in [0.2, 0.25) is 0 Å². The highest BCUT2D eigenvalue weighted by Gasteiger charge is 2.07. The smallest absolute Gasteiger partial charge is 0.223 e. The number of aromatic hydroxyl groups is 1. The molecule has 29 heavy (non-hydrogen) atoms. The minimum atomic E-state index is -0.419. The van der Waals surface area contributed by atoms with E-state index in [0.29, 0.717) is 5.69 Å². The van der Waals surface area contributed by atoms with E-state index in [-0.39, 0.29) is 5.75 Å². The Morgan fingerprint density at radius 3 is 2.52 bits per heavy atom. The highest BCUT2D eigenvalue weighted by Crippen LogP contribution is 2.23. The second kappa shape index (κ2) is 9.38. The minimum absolute atomic E-state index is 0.291. The Morgan fingerprint density at radius 2 is 1.79 bits per heavy atom. The van der Waals surface area contributed by atoms with Crippen LogP contribution in [0.1, 0.15) is 12.6 Å². The van der Waals surface area contributed by atoms with Gasteiger partial charge < -0.3 is 9.67 Å². The molecule has 0 saturated heterocycles. The monoisotopic (exact) mass is 381 g/mol. The van der Waals surface area contributed by atoms with Crippen LogP contribution in [0.4, 0.5) is 0 Å². The van der Waals surface area contributed by atoms with E-state index in [1.807, 2.05) is 91.9 Å². The molecule has 0 aliphatic heterocycles. The van der Waals surface area contributed by atoms with Crippen LogP contribution < -0.4 is 5.43 Å². The minimum Gasteiger partial charge on any atom is -0.503 e. The van der Waals surface area contributed by atoms with Crippen molar-refractivity contribution in [3.8, 4) is 22.6 Å². The zero-order valence-electron chi connectivity index (χ0n) is 16.3. The normalized spacial score (nSPS) is 12.0. The predicted octanol–water partition coefficient (Wildman–Crippen LogP) is 5.91. The first-order valence-corrected chi connectivity index (χ1v) is 9.37. The van der Waals surface area contributed by atoms with Gasteiger partial charge in [0.2, 0.25) is 5.43 Å². The SMILES string of the molecule is C=CC(/C=C/c1cc(=O)c(O)cn1-c1cccc(-c2ccccc2)c1)=C\C=C/C. The van der Waals surface area contributed by atoms with Crippen LogP contribution >= 0.6 is 0 Å². The van der Waals surface area contributed by atoms with Crippen LogP contribution in [0.5, 0.6) is 5.75 Å². The summed E-state index contributed by atoms with van der Waals surface area (Å²) in [5.74, 6) is -0.291. The second-order valence-corrected chi connectivity index (χ2v) is 6.46. The number of aromatic nitrogens is 1. The maximum Gasteiger partial charge on any atom is 0.223 e. The Kier molecular flexibility index (Phi) is 6.43. The number of hydrogen-bond acceptors (Lipinski definition) is 2. The Bertz CT molecular complexity index is 1150. The average Bonchev–Trinajstić information content (AvgIpc) is 2.76. The van der Waals surface area contributed by atoms with Gasteiger partial charge in [0.15, 0.2) is 5.75 Å². The molecule has 0 fully saturated rings. The van der Waals surface area contributed by atoms with E-state index in [1.54, 1.807) is 10.6 Å². The van der Waals surface area contributed by atoms with Crippen molar-refractivity contribution in [1.29, 1.82) is 0 Å². The van der Waals surface area contributed by atoms with E-state index < -0.39 is 5.43 Å². The molecule has 0 saturated carbocycles. The van der Waals surface area contributed by atoms with Gasteiger partial charge in [-0.3, -0.25) is 4.79 Å². The lowest BCUT2D eigenvalue weighted by molar-refractivity contribution is 0.465. The van der Waals surface area contributed by atoms with Gasteiger partial charge >= 0.3 is 0 Å². The van der Waals surface area contributed by atoms with Crippen LogP contribution in [0.15, 0.2) is 114 Å². The maximum atomic E-state index is 12.1. The molecule has 0 aliphatic carbocycles. The van der Waals surface area contributed by atoms with Crippen molar-refractivity contribution >= 4 is 6.08 Å². The average molecular weight is 381 g/mol. The number of pyridine rings is 1. The molecular formula is C26H23NO2. The van der Waals surface area contributed by atoms with Crippen LogP contribution in [-0.2, 0) is 0 Å². The molecule has 0 spiro atoms. The van der Waals surface area contributed by atoms with E-state index in [2.05, 4.69) is 6.58 Å². The van der Waals surface area contributed by atoms with Crippen LogP contribution in [0, 0.1) is 0 Å². The number of hydrogen-bond donors (Lipinski definition) is 1. The van der Waals surface area contributed by atoms with Crippen molar-refractivity contribution in [2.75, 3.05) is 0 Å². The van der Waals surface area contributed by atoms with E-state index >= 15 is 0 Å². The van der Waals surface area contributed by atoms with Crippen LogP contribution in [0.3, 0.4) is 0 Å². The van der Waals surface area contributed by atoms with E-state index in [0.717, 1.165) is 22.4 Å². The first-order chi connectivity index (χ1) is 14.1. The lowest BCUT2D eigenvalue weighted by Gasteiger charge is -2.13. The second-order valence-electron chi connectivity index (χ2n) is 6.46. The highest BCUT2D eigenvalue weighted by molar-refractivity contribution is 5.66. The molecule has 0 atom stereocenters. The molecule has 1 N–H and O–H groups in total. The summed E-state index contributed by atoms with van der Waals surface area (Å²) >= 11 is 0. The summed E-state index contributed by atoms with van der Waals surface area (Å²) in [5.41, 5.74) is 4.15. The lowest BCUT2D eigenvalue weighted by atomic mass is 10.0. The first-order valence-electron chi connectivity index (χ1n) is 9.37. The summed E-state index contributed by atoms with van der Waals surface area (Å²) in [6, 6.07) is 19.5. The topological polar surface area (TPSA) is 42.2 Å². The summed E-state index contributed by atoms with van der Waals surface area (Å²) < 4.78 is 1.80. The molecule has 144 valence electrons. The van der Waals surface area contributed by atoms with Crippen molar-refractivity contribution in [3.63, 3.8) is 0 Å². The van der Waals surface area contributed by atoms with Gasteiger partial charge in [-0.15, -0.1) is 0 Å². The fourth-order valence-corrected chi connectivity index (χ4v) is 2.94. The van der Waals surface area contributed by atoms with Crippen molar-refractivity contribution in [2.45, 2.75) is 6.92 Å². The zero-order chi connectivity index (χ0) is 20.6. The fourth-order valence-electron chi connectivity index (χ4n) is 2.94. The van der Waals surface area contributed by atoms with Gasteiger partial charge in [0.05, 0.1) is 6.20 Å². The summed E-state index contributed by atoms with van der Waals surface area (Å²) in [7, 11) is 0. The number of benzene rings is 2. The summed E-state index contributed by atoms with van der Waals surface area (Å²) in [5, 5.41) is 10.0. The molecule has 0 unspecified atom stereocenters. The van der Waals surface area contributed by atoms with Crippen molar-refractivity contribution < 1.29 is 5.11 Å². The van der Waals surface area contributed by atoms with Gasteiger partial charge in [0.1, 0.15) is 0 Å². The van der Waals surface area contributed by atoms with Crippen molar-refractivity contribution in [1.82, 2.24) is 4.57 Å². The third kappa shape index (κ3) is 4.90. The maximum absolute atomic E-state index is 12.1. The molecule has 2 aromatic carbocycles. The van der Waals surface area contributed by atoms with Gasteiger partial charge in [-0.2, -0.15) is 0 Å². The molecule has 3 heteroatoms. The summed E-state index contributed by atoms with van der Waals surface area (Å²) in [6.45, 7) is 5.76. The third-order valence-electron chi connectivity index (χ3n) is 4.46. The molecule has 0 radical (unpaired) electrons. The summed E-state index contributed by atoms with van der Waals surface area (Å²) in [4.78, 5) is 12.1.